The van der Waals surface area contributed by atoms with Gasteiger partial charge in [-0.15, -0.1) is 0 Å². The van der Waals surface area contributed by atoms with Gasteiger partial charge in [0.05, 0.1) is 44.0 Å². The summed E-state index contributed by atoms with van der Waals surface area (Å²) in [5.41, 5.74) is 4.37. The van der Waals surface area contributed by atoms with Crippen LogP contribution in [0.1, 0.15) is 34.0 Å². The number of ether oxygens (including phenoxy) is 1. The van der Waals surface area contributed by atoms with Gasteiger partial charge in [-0.2, -0.15) is 5.10 Å². The number of amides is 1. The van der Waals surface area contributed by atoms with Crippen LogP contribution in [-0.2, 0) is 32.3 Å². The van der Waals surface area contributed by atoms with E-state index in [2.05, 4.69) is 15.3 Å². The fraction of sp³-hybridized carbons (Fsp3) is 0.400. The second-order valence-corrected chi connectivity index (χ2v) is 11.0. The van der Waals surface area contributed by atoms with Crippen LogP contribution in [0.4, 0.5) is 5.69 Å². The molecule has 2 aromatic carbocycles. The maximum atomic E-state index is 12.8. The Morgan fingerprint density at radius 1 is 1.06 bits per heavy atom. The first-order chi connectivity index (χ1) is 16.8. The zero-order chi connectivity index (χ0) is 24.8. The summed E-state index contributed by atoms with van der Waals surface area (Å²) < 4.78 is 28.1. The molecule has 4 rings (SSSR count). The van der Waals surface area contributed by atoms with Crippen LogP contribution in [-0.4, -0.2) is 80.7 Å². The van der Waals surface area contributed by atoms with Crippen molar-refractivity contribution in [3.8, 4) is 0 Å². The molecule has 2 aromatic rings. The summed E-state index contributed by atoms with van der Waals surface area (Å²) in [7, 11) is -2.94. The van der Waals surface area contributed by atoms with E-state index in [0.717, 1.165) is 24.1 Å². The van der Waals surface area contributed by atoms with E-state index in [1.807, 2.05) is 18.2 Å². The number of esters is 1. The Hall–Kier alpha value is -3.24. The van der Waals surface area contributed by atoms with Crippen LogP contribution in [0.25, 0.3) is 0 Å². The Morgan fingerprint density at radius 2 is 1.80 bits per heavy atom. The number of rotatable bonds is 7. The van der Waals surface area contributed by atoms with E-state index in [9.17, 15) is 18.0 Å². The molecular weight excluding hydrogens is 468 g/mol. The maximum Gasteiger partial charge on any atom is 0.320 e. The van der Waals surface area contributed by atoms with Crippen LogP contribution in [0.2, 0.25) is 0 Å². The molecule has 0 bridgehead atoms. The molecule has 0 aliphatic carbocycles. The highest BCUT2D eigenvalue weighted by atomic mass is 32.2. The van der Waals surface area contributed by atoms with E-state index in [1.54, 1.807) is 42.4 Å². The van der Waals surface area contributed by atoms with Crippen molar-refractivity contribution in [2.24, 2.45) is 5.10 Å². The van der Waals surface area contributed by atoms with Crippen molar-refractivity contribution in [1.82, 2.24) is 9.91 Å². The van der Waals surface area contributed by atoms with Crippen molar-refractivity contribution in [1.29, 1.82) is 0 Å². The Bertz CT molecular complexity index is 1200. The minimum Gasteiger partial charge on any atom is -0.465 e. The minimum atomic E-state index is -2.94. The lowest BCUT2D eigenvalue weighted by atomic mass is 9.99. The van der Waals surface area contributed by atoms with Gasteiger partial charge in [-0.3, -0.25) is 19.5 Å². The number of nitrogens with one attached hydrogen (secondary N) is 1. The highest BCUT2D eigenvalue weighted by Crippen LogP contribution is 2.23. The SMILES string of the molecule is CCOC(=O)CN1CCc2ccc(NC(=O)c3ccc(C=NN4CCS(=O)(=O)CC4)cc3)cc2C1. The summed E-state index contributed by atoms with van der Waals surface area (Å²) in [5, 5.41) is 9.04. The lowest BCUT2D eigenvalue weighted by molar-refractivity contribution is -0.144. The highest BCUT2D eigenvalue weighted by Gasteiger charge is 2.21. The number of hydrogen-bond donors (Lipinski definition) is 1. The average Bonchev–Trinajstić information content (AvgIpc) is 2.83. The number of carbonyl (C=O) groups is 2. The summed E-state index contributed by atoms with van der Waals surface area (Å²) in [4.78, 5) is 26.6. The Morgan fingerprint density at radius 3 is 2.51 bits per heavy atom. The zero-order valence-electron chi connectivity index (χ0n) is 19.8. The van der Waals surface area contributed by atoms with Gasteiger partial charge in [-0.1, -0.05) is 18.2 Å². The summed E-state index contributed by atoms with van der Waals surface area (Å²) in [6.07, 6.45) is 2.52. The minimum absolute atomic E-state index is 0.121. The van der Waals surface area contributed by atoms with E-state index in [-0.39, 0.29) is 29.9 Å². The summed E-state index contributed by atoms with van der Waals surface area (Å²) in [6.45, 7) is 4.64. The van der Waals surface area contributed by atoms with Crippen LogP contribution >= 0.6 is 0 Å². The number of fused-ring (bicyclic) bond motifs is 1. The van der Waals surface area contributed by atoms with E-state index >= 15 is 0 Å². The molecule has 2 aliphatic rings. The lowest BCUT2D eigenvalue weighted by Gasteiger charge is -2.28. The van der Waals surface area contributed by atoms with E-state index in [0.29, 0.717) is 37.5 Å². The number of carbonyl (C=O) groups excluding carboxylic acids is 2. The van der Waals surface area contributed by atoms with Crippen molar-refractivity contribution in [3.05, 3.63) is 64.7 Å². The van der Waals surface area contributed by atoms with Gasteiger partial charge < -0.3 is 10.1 Å². The van der Waals surface area contributed by atoms with Crippen LogP contribution in [0, 0.1) is 0 Å². The molecule has 0 unspecified atom stereocenters. The first-order valence-electron chi connectivity index (χ1n) is 11.7. The van der Waals surface area contributed by atoms with Gasteiger partial charge in [-0.25, -0.2) is 8.42 Å². The quantitative estimate of drug-likeness (QED) is 0.459. The summed E-state index contributed by atoms with van der Waals surface area (Å²) in [5.74, 6) is -0.197. The number of sulfone groups is 1. The fourth-order valence-electron chi connectivity index (χ4n) is 4.11. The van der Waals surface area contributed by atoms with Gasteiger partial charge in [0.25, 0.3) is 5.91 Å². The number of anilines is 1. The first kappa shape index (κ1) is 24.9. The second-order valence-electron chi connectivity index (χ2n) is 8.68. The largest absolute Gasteiger partial charge is 0.465 e. The summed E-state index contributed by atoms with van der Waals surface area (Å²) >= 11 is 0. The molecule has 0 spiro atoms. The van der Waals surface area contributed by atoms with Gasteiger partial charge in [0.1, 0.15) is 0 Å². The molecular formula is C25H30N4O5S. The topological polar surface area (TPSA) is 108 Å². The van der Waals surface area contributed by atoms with Crippen LogP contribution in [0.3, 0.4) is 0 Å². The number of nitrogens with zero attached hydrogens (tertiary/aromatic N) is 3. The van der Waals surface area contributed by atoms with Gasteiger partial charge in [0.2, 0.25) is 0 Å². The van der Waals surface area contributed by atoms with Crippen LogP contribution < -0.4 is 5.32 Å². The third kappa shape index (κ3) is 6.89. The molecule has 9 nitrogen and oxygen atoms in total. The first-order valence-corrected chi connectivity index (χ1v) is 13.5. The Balaban J connectivity index is 1.33. The molecule has 35 heavy (non-hydrogen) atoms. The molecule has 10 heteroatoms. The average molecular weight is 499 g/mol. The number of benzene rings is 2. The molecule has 1 fully saturated rings. The predicted octanol–water partition coefficient (Wildman–Crippen LogP) is 1.92. The van der Waals surface area contributed by atoms with Crippen molar-refractivity contribution in [3.63, 3.8) is 0 Å². The maximum absolute atomic E-state index is 12.8. The molecule has 2 heterocycles. The highest BCUT2D eigenvalue weighted by molar-refractivity contribution is 7.91. The fourth-order valence-corrected chi connectivity index (χ4v) is 5.29. The van der Waals surface area contributed by atoms with Crippen molar-refractivity contribution >= 4 is 33.6 Å². The summed E-state index contributed by atoms with van der Waals surface area (Å²) in [6, 6.07) is 13.0. The molecule has 0 radical (unpaired) electrons. The second kappa shape index (κ2) is 11.0. The molecule has 0 atom stereocenters. The van der Waals surface area contributed by atoms with Gasteiger partial charge >= 0.3 is 5.97 Å². The van der Waals surface area contributed by atoms with Gasteiger partial charge in [0, 0.05) is 24.3 Å². The van der Waals surface area contributed by atoms with Crippen molar-refractivity contribution in [2.75, 3.05) is 49.6 Å². The molecule has 0 saturated carbocycles. The molecule has 1 N–H and O–H groups in total. The van der Waals surface area contributed by atoms with Crippen molar-refractivity contribution in [2.45, 2.75) is 19.9 Å². The molecule has 0 aromatic heterocycles. The van der Waals surface area contributed by atoms with Gasteiger partial charge in [-0.05, 0) is 54.3 Å². The van der Waals surface area contributed by atoms with Crippen LogP contribution in [0.15, 0.2) is 47.6 Å². The molecule has 186 valence electrons. The predicted molar refractivity (Wildman–Crippen MR) is 134 cm³/mol. The van der Waals surface area contributed by atoms with E-state index in [4.69, 9.17) is 4.74 Å². The Kier molecular flexibility index (Phi) is 7.82. The zero-order valence-corrected chi connectivity index (χ0v) is 20.6. The van der Waals surface area contributed by atoms with E-state index < -0.39 is 9.84 Å². The lowest BCUT2D eigenvalue weighted by Crippen LogP contribution is -2.37. The monoisotopic (exact) mass is 498 g/mol. The number of hydrazone groups is 1. The van der Waals surface area contributed by atoms with Crippen LogP contribution in [0.5, 0.6) is 0 Å². The molecule has 2 aliphatic heterocycles. The standard InChI is InChI=1S/C25H30N4O5S/c1-2-34-24(30)18-28-10-9-20-7-8-23(15-22(20)17-28)27-25(31)21-5-3-19(4-6-21)16-26-29-11-13-35(32,33)14-12-29/h3-8,15-16H,2,9-14,17-18H2,1H3,(H,27,31). The van der Waals surface area contributed by atoms with E-state index in [1.165, 1.54) is 5.56 Å². The Labute approximate surface area is 205 Å². The molecule has 1 saturated heterocycles. The third-order valence-corrected chi connectivity index (χ3v) is 7.69. The normalized spacial score (nSPS) is 17.7. The molecule has 1 amide bonds. The number of hydrogen-bond acceptors (Lipinski definition) is 8. The smallest absolute Gasteiger partial charge is 0.320 e. The third-order valence-electron chi connectivity index (χ3n) is 6.08. The van der Waals surface area contributed by atoms with Gasteiger partial charge in [0.15, 0.2) is 9.84 Å². The van der Waals surface area contributed by atoms with Crippen molar-refractivity contribution < 1.29 is 22.7 Å².